The maximum atomic E-state index is 6.06. The zero-order valence-electron chi connectivity index (χ0n) is 14.9. The van der Waals surface area contributed by atoms with E-state index in [1.54, 1.807) is 11.3 Å². The molecule has 0 radical (unpaired) electrons. The number of aromatic amines is 1. The Balaban J connectivity index is 1.65. The van der Waals surface area contributed by atoms with Gasteiger partial charge in [-0.1, -0.05) is 18.2 Å². The molecule has 0 saturated carbocycles. The van der Waals surface area contributed by atoms with Crippen LogP contribution in [0.15, 0.2) is 48.7 Å². The second kappa shape index (κ2) is 6.79. The van der Waals surface area contributed by atoms with Crippen molar-refractivity contribution in [3.8, 4) is 21.7 Å². The number of piperidine rings is 1. The lowest BCUT2D eigenvalue weighted by atomic mass is 9.90. The summed E-state index contributed by atoms with van der Waals surface area (Å²) in [6.07, 6.45) is 4.17. The highest BCUT2D eigenvalue weighted by Gasteiger charge is 2.23. The molecule has 0 atom stereocenters. The molecule has 4 N–H and O–H groups in total. The standard InChI is InChI=1S/C21H21N5S/c22-19-6-5-15(16-12-24-26-20(16)13-7-9-23-10-8-13)21(25-19)18-11-14-3-1-2-4-17(14)27-18/h1-6,11-13,23H,7-10H2,(H2,22,25)(H,24,26). The Morgan fingerprint density at radius 3 is 2.74 bits per heavy atom. The first kappa shape index (κ1) is 16.5. The van der Waals surface area contributed by atoms with E-state index in [2.05, 4.69) is 51.9 Å². The van der Waals surface area contributed by atoms with Crippen molar-refractivity contribution in [1.29, 1.82) is 0 Å². The van der Waals surface area contributed by atoms with Crippen molar-refractivity contribution in [2.45, 2.75) is 18.8 Å². The molecule has 3 aromatic heterocycles. The number of rotatable bonds is 3. The minimum Gasteiger partial charge on any atom is -0.384 e. The fourth-order valence-corrected chi connectivity index (χ4v) is 4.98. The van der Waals surface area contributed by atoms with E-state index in [4.69, 9.17) is 10.7 Å². The molecule has 27 heavy (non-hydrogen) atoms. The van der Waals surface area contributed by atoms with Crippen LogP contribution in [0, 0.1) is 0 Å². The second-order valence-electron chi connectivity index (χ2n) is 7.00. The summed E-state index contributed by atoms with van der Waals surface area (Å²) in [5, 5.41) is 12.3. The summed E-state index contributed by atoms with van der Waals surface area (Å²) in [5.41, 5.74) is 10.4. The predicted octanol–water partition coefficient (Wildman–Crippen LogP) is 4.40. The van der Waals surface area contributed by atoms with E-state index in [0.717, 1.165) is 47.6 Å². The minimum atomic E-state index is 0.497. The number of aromatic nitrogens is 3. The van der Waals surface area contributed by atoms with Crippen molar-refractivity contribution in [1.82, 2.24) is 20.5 Å². The Hall–Kier alpha value is -2.70. The quantitative estimate of drug-likeness (QED) is 0.496. The molecule has 0 aliphatic carbocycles. The topological polar surface area (TPSA) is 79.6 Å². The number of nitrogens with zero attached hydrogens (tertiary/aromatic N) is 2. The molecule has 4 aromatic rings. The Bertz CT molecular complexity index is 1060. The average Bonchev–Trinajstić information content (AvgIpc) is 3.35. The lowest BCUT2D eigenvalue weighted by Crippen LogP contribution is -2.27. The highest BCUT2D eigenvalue weighted by Crippen LogP contribution is 2.40. The number of H-pyrrole nitrogens is 1. The van der Waals surface area contributed by atoms with E-state index in [1.165, 1.54) is 15.8 Å². The van der Waals surface area contributed by atoms with E-state index in [0.29, 0.717) is 11.7 Å². The molecule has 1 aliphatic rings. The van der Waals surface area contributed by atoms with Crippen LogP contribution in [0.5, 0.6) is 0 Å². The zero-order chi connectivity index (χ0) is 18.2. The molecule has 5 nitrogen and oxygen atoms in total. The van der Waals surface area contributed by atoms with E-state index in [9.17, 15) is 0 Å². The Labute approximate surface area is 161 Å². The van der Waals surface area contributed by atoms with Gasteiger partial charge in [-0.25, -0.2) is 4.98 Å². The number of hydrogen-bond donors (Lipinski definition) is 3. The van der Waals surface area contributed by atoms with Crippen molar-refractivity contribution in [2.75, 3.05) is 18.8 Å². The first-order chi connectivity index (χ1) is 13.3. The largest absolute Gasteiger partial charge is 0.384 e. The summed E-state index contributed by atoms with van der Waals surface area (Å²) in [6.45, 7) is 2.10. The van der Waals surface area contributed by atoms with Crippen LogP contribution >= 0.6 is 11.3 Å². The van der Waals surface area contributed by atoms with Crippen LogP contribution in [0.3, 0.4) is 0 Å². The monoisotopic (exact) mass is 375 g/mol. The molecule has 0 unspecified atom stereocenters. The summed E-state index contributed by atoms with van der Waals surface area (Å²) < 4.78 is 1.26. The molecule has 5 rings (SSSR count). The third-order valence-corrected chi connectivity index (χ3v) is 6.40. The van der Waals surface area contributed by atoms with Crippen LogP contribution in [0.1, 0.15) is 24.5 Å². The molecule has 6 heteroatoms. The van der Waals surface area contributed by atoms with Gasteiger partial charge in [0.15, 0.2) is 0 Å². The van der Waals surface area contributed by atoms with Gasteiger partial charge < -0.3 is 11.1 Å². The van der Waals surface area contributed by atoms with Crippen LogP contribution in [-0.2, 0) is 0 Å². The van der Waals surface area contributed by atoms with Crippen molar-refractivity contribution >= 4 is 27.2 Å². The van der Waals surface area contributed by atoms with Crippen LogP contribution in [0.25, 0.3) is 31.8 Å². The summed E-state index contributed by atoms with van der Waals surface area (Å²) in [5.74, 6) is 1.04. The summed E-state index contributed by atoms with van der Waals surface area (Å²) in [6, 6.07) is 14.6. The second-order valence-corrected chi connectivity index (χ2v) is 8.09. The maximum absolute atomic E-state index is 6.06. The fraction of sp³-hybridized carbons (Fsp3) is 0.238. The van der Waals surface area contributed by atoms with Gasteiger partial charge in [-0.2, -0.15) is 5.10 Å². The lowest BCUT2D eigenvalue weighted by Gasteiger charge is -2.23. The number of thiophene rings is 1. The third kappa shape index (κ3) is 3.01. The number of anilines is 1. The number of nitrogen functional groups attached to an aromatic ring is 1. The van der Waals surface area contributed by atoms with Gasteiger partial charge in [0.25, 0.3) is 0 Å². The van der Waals surface area contributed by atoms with Gasteiger partial charge in [0, 0.05) is 27.4 Å². The molecule has 0 bridgehead atoms. The highest BCUT2D eigenvalue weighted by molar-refractivity contribution is 7.22. The average molecular weight is 376 g/mol. The van der Waals surface area contributed by atoms with Crippen LogP contribution in [-0.4, -0.2) is 28.3 Å². The predicted molar refractivity (Wildman–Crippen MR) is 112 cm³/mol. The number of hydrogen-bond acceptors (Lipinski definition) is 5. The molecule has 1 saturated heterocycles. The number of nitrogens with one attached hydrogen (secondary N) is 2. The highest BCUT2D eigenvalue weighted by atomic mass is 32.1. The normalized spacial score (nSPS) is 15.4. The van der Waals surface area contributed by atoms with Gasteiger partial charge >= 0.3 is 0 Å². The number of nitrogens with two attached hydrogens (primary N) is 1. The summed E-state index contributed by atoms with van der Waals surface area (Å²) in [7, 11) is 0. The fourth-order valence-electron chi connectivity index (χ4n) is 3.91. The van der Waals surface area contributed by atoms with Crippen molar-refractivity contribution < 1.29 is 0 Å². The Kier molecular flexibility index (Phi) is 4.14. The van der Waals surface area contributed by atoms with Crippen LogP contribution in [0.2, 0.25) is 0 Å². The van der Waals surface area contributed by atoms with Crippen LogP contribution < -0.4 is 11.1 Å². The molecule has 4 heterocycles. The van der Waals surface area contributed by atoms with E-state index in [-0.39, 0.29) is 0 Å². The Morgan fingerprint density at radius 1 is 1.04 bits per heavy atom. The van der Waals surface area contributed by atoms with Crippen molar-refractivity contribution in [3.63, 3.8) is 0 Å². The van der Waals surface area contributed by atoms with Gasteiger partial charge in [-0.05, 0) is 55.6 Å². The molecular formula is C21H21N5S. The van der Waals surface area contributed by atoms with Crippen LogP contribution in [0.4, 0.5) is 5.82 Å². The first-order valence-corrected chi connectivity index (χ1v) is 10.1. The number of fused-ring (bicyclic) bond motifs is 1. The van der Waals surface area contributed by atoms with E-state index < -0.39 is 0 Å². The molecule has 0 amide bonds. The minimum absolute atomic E-state index is 0.497. The van der Waals surface area contributed by atoms with Gasteiger partial charge in [0.2, 0.25) is 0 Å². The number of pyridine rings is 1. The molecule has 136 valence electrons. The van der Waals surface area contributed by atoms with E-state index in [1.807, 2.05) is 12.3 Å². The Morgan fingerprint density at radius 2 is 1.89 bits per heavy atom. The molecule has 1 aromatic carbocycles. The first-order valence-electron chi connectivity index (χ1n) is 9.29. The SMILES string of the molecule is Nc1ccc(-c2cn[nH]c2C2CCNCC2)c(-c2cc3ccccc3s2)n1. The number of benzene rings is 1. The lowest BCUT2D eigenvalue weighted by molar-refractivity contribution is 0.453. The van der Waals surface area contributed by atoms with Crippen molar-refractivity contribution in [3.05, 3.63) is 54.4 Å². The summed E-state index contributed by atoms with van der Waals surface area (Å²) >= 11 is 1.75. The third-order valence-electron chi connectivity index (χ3n) is 5.28. The molecule has 1 aliphatic heterocycles. The van der Waals surface area contributed by atoms with Gasteiger partial charge in [-0.15, -0.1) is 11.3 Å². The smallest absolute Gasteiger partial charge is 0.124 e. The zero-order valence-corrected chi connectivity index (χ0v) is 15.7. The summed E-state index contributed by atoms with van der Waals surface area (Å²) in [4.78, 5) is 5.85. The van der Waals surface area contributed by atoms with Gasteiger partial charge in [0.05, 0.1) is 16.8 Å². The van der Waals surface area contributed by atoms with Gasteiger partial charge in [-0.3, -0.25) is 5.10 Å². The van der Waals surface area contributed by atoms with Crippen molar-refractivity contribution in [2.24, 2.45) is 0 Å². The maximum Gasteiger partial charge on any atom is 0.124 e. The molecule has 0 spiro atoms. The molecule has 1 fully saturated rings. The van der Waals surface area contributed by atoms with Gasteiger partial charge in [0.1, 0.15) is 5.82 Å². The van der Waals surface area contributed by atoms with E-state index >= 15 is 0 Å². The molecular weight excluding hydrogens is 354 g/mol.